The molecule has 1 unspecified atom stereocenters. The molecule has 0 aliphatic heterocycles. The van der Waals surface area contributed by atoms with Crippen LogP contribution in [0.2, 0.25) is 0 Å². The lowest BCUT2D eigenvalue weighted by atomic mass is 9.86. The minimum absolute atomic E-state index is 0.452. The number of hydrogen-bond acceptors (Lipinski definition) is 4. The fraction of sp³-hybridized carbons (Fsp3) is 0.133. The molecule has 0 radical (unpaired) electrons. The lowest BCUT2D eigenvalue weighted by Gasteiger charge is -2.32. The van der Waals surface area contributed by atoms with Crippen molar-refractivity contribution in [1.29, 1.82) is 0 Å². The van der Waals surface area contributed by atoms with E-state index in [9.17, 15) is 0 Å². The molecule has 0 saturated carbocycles. The summed E-state index contributed by atoms with van der Waals surface area (Å²) in [5, 5.41) is 0. The van der Waals surface area contributed by atoms with E-state index in [2.05, 4.69) is 353 Å². The Labute approximate surface area is 556 Å². The van der Waals surface area contributed by atoms with E-state index in [-0.39, 0.29) is 0 Å². The zero-order valence-corrected chi connectivity index (χ0v) is 53.4. The highest BCUT2D eigenvalue weighted by atomic mass is 15.2. The van der Waals surface area contributed by atoms with Crippen molar-refractivity contribution in [3.63, 3.8) is 0 Å². The second kappa shape index (κ2) is 27.9. The summed E-state index contributed by atoms with van der Waals surface area (Å²) < 4.78 is 0. The molecule has 6 aliphatic carbocycles. The van der Waals surface area contributed by atoms with E-state index in [0.717, 1.165) is 105 Å². The Hall–Kier alpha value is -10.9. The van der Waals surface area contributed by atoms with Gasteiger partial charge in [0.25, 0.3) is 0 Å². The number of allylic oxidation sites excluding steroid dienone is 22. The van der Waals surface area contributed by atoms with Gasteiger partial charge < -0.3 is 19.6 Å². The molecule has 0 N–H and O–H groups in total. The fourth-order valence-corrected chi connectivity index (χ4v) is 14.2. The maximum Gasteiger partial charge on any atom is 0.0462 e. The average Bonchev–Trinajstić information content (AvgIpc) is 0.972. The summed E-state index contributed by atoms with van der Waals surface area (Å²) in [5.74, 6) is 0.452. The van der Waals surface area contributed by atoms with Gasteiger partial charge in [0.2, 0.25) is 0 Å². The van der Waals surface area contributed by atoms with E-state index < -0.39 is 0 Å². The van der Waals surface area contributed by atoms with Gasteiger partial charge in [0.1, 0.15) is 0 Å². The molecule has 15 rings (SSSR count). The molecule has 6 aliphatic rings. The van der Waals surface area contributed by atoms with Crippen LogP contribution in [0.15, 0.2) is 373 Å². The number of anilines is 8. The molecule has 9 aromatic carbocycles. The molecule has 94 heavy (non-hydrogen) atoms. The average molecular weight is 1220 g/mol. The molecule has 0 fully saturated rings. The standard InChI is InChI=1S/C90H78N4/c1-7-19-67(20-8-1)71-35-51-83(52-36-71)91(79-23-11-3-12-24-79)87-59-43-75(44-60-87)77-47-63-89(64-48-77)93(81-27-15-5-16-28-81)85-55-39-73(40-56-85)69-31-33-70(34-32-69)74-41-57-86(58-42-74)94(82-29-17-6-18-30-82)90-65-49-78(50-66-90)76-45-61-88(62-46-76)92(80-25-13-4-14-26-80)84-53-37-72(38-54-84)68-21-9-2-10-22-68/h1,3-5,7-9,11-13,15-17,19-25,27-31,33,35-37,39-41,43-57,59-66,72H,2,6,10,14,18,26,32,34,38,42,58H2. The number of hydrogen-bond donors (Lipinski definition) is 0. The second-order valence-electron chi connectivity index (χ2n) is 25.1. The topological polar surface area (TPSA) is 13.0 Å². The third-order valence-electron chi connectivity index (χ3n) is 19.2. The normalized spacial score (nSPS) is 16.7. The maximum atomic E-state index is 2.50. The van der Waals surface area contributed by atoms with Crippen LogP contribution in [0.4, 0.5) is 45.5 Å². The van der Waals surface area contributed by atoms with Gasteiger partial charge >= 0.3 is 0 Å². The van der Waals surface area contributed by atoms with Gasteiger partial charge in [-0.05, 0) is 253 Å². The van der Waals surface area contributed by atoms with E-state index in [1.54, 1.807) is 0 Å². The van der Waals surface area contributed by atoms with Crippen LogP contribution >= 0.6 is 0 Å². The Morgan fingerprint density at radius 3 is 1.05 bits per heavy atom. The first kappa shape index (κ1) is 59.4. The number of benzene rings is 9. The third kappa shape index (κ3) is 13.1. The van der Waals surface area contributed by atoms with Crippen molar-refractivity contribution in [3.8, 4) is 33.4 Å². The van der Waals surface area contributed by atoms with Crippen LogP contribution in [-0.4, -0.2) is 0 Å². The van der Waals surface area contributed by atoms with Crippen molar-refractivity contribution in [2.75, 3.05) is 19.6 Å². The van der Waals surface area contributed by atoms with Gasteiger partial charge in [-0.1, -0.05) is 212 Å². The Morgan fingerprint density at radius 1 is 0.255 bits per heavy atom. The molecule has 1 atom stereocenters. The van der Waals surface area contributed by atoms with Gasteiger partial charge in [-0.25, -0.2) is 0 Å². The lowest BCUT2D eigenvalue weighted by molar-refractivity contribution is 0.757. The van der Waals surface area contributed by atoms with Crippen molar-refractivity contribution >= 4 is 51.1 Å². The minimum Gasteiger partial charge on any atom is -0.315 e. The van der Waals surface area contributed by atoms with Gasteiger partial charge in [0.15, 0.2) is 0 Å². The first-order chi connectivity index (χ1) is 46.6. The number of para-hydroxylation sites is 2. The highest BCUT2D eigenvalue weighted by Crippen LogP contribution is 2.43. The molecule has 0 aromatic heterocycles. The van der Waals surface area contributed by atoms with Gasteiger partial charge in [-0.2, -0.15) is 0 Å². The van der Waals surface area contributed by atoms with E-state index in [1.165, 1.54) is 95.4 Å². The van der Waals surface area contributed by atoms with Crippen molar-refractivity contribution < 1.29 is 0 Å². The van der Waals surface area contributed by atoms with Crippen molar-refractivity contribution in [2.45, 2.75) is 70.6 Å². The van der Waals surface area contributed by atoms with E-state index in [1.807, 2.05) is 0 Å². The summed E-state index contributed by atoms with van der Waals surface area (Å²) in [5.41, 5.74) is 28.5. The van der Waals surface area contributed by atoms with Gasteiger partial charge in [0.05, 0.1) is 0 Å². The predicted octanol–water partition coefficient (Wildman–Crippen LogP) is 24.9. The van der Waals surface area contributed by atoms with Crippen LogP contribution in [0.25, 0.3) is 39.0 Å². The zero-order chi connectivity index (χ0) is 62.8. The first-order valence-electron chi connectivity index (χ1n) is 33.8. The zero-order valence-electron chi connectivity index (χ0n) is 53.4. The first-order valence-corrected chi connectivity index (χ1v) is 33.8. The Bertz CT molecular complexity index is 4550. The summed E-state index contributed by atoms with van der Waals surface area (Å²) in [6, 6.07) is 86.3. The number of rotatable bonds is 18. The van der Waals surface area contributed by atoms with E-state index in [0.29, 0.717) is 5.92 Å². The summed E-state index contributed by atoms with van der Waals surface area (Å²) in [7, 11) is 0. The van der Waals surface area contributed by atoms with Gasteiger partial charge in [-0.3, -0.25) is 0 Å². The van der Waals surface area contributed by atoms with Crippen LogP contribution in [-0.2, 0) is 0 Å². The maximum absolute atomic E-state index is 2.50. The summed E-state index contributed by atoms with van der Waals surface area (Å²) >= 11 is 0. The summed E-state index contributed by atoms with van der Waals surface area (Å²) in [6.45, 7) is 0. The molecule has 4 heteroatoms. The van der Waals surface area contributed by atoms with Crippen LogP contribution in [0.3, 0.4) is 0 Å². The van der Waals surface area contributed by atoms with Crippen LogP contribution in [0, 0.1) is 5.92 Å². The number of nitrogens with zero attached hydrogens (tertiary/aromatic N) is 4. The Kier molecular flexibility index (Phi) is 17.6. The fourth-order valence-electron chi connectivity index (χ4n) is 14.2. The Balaban J connectivity index is 0.620. The quantitative estimate of drug-likeness (QED) is 0.0849. The van der Waals surface area contributed by atoms with E-state index in [4.69, 9.17) is 0 Å². The summed E-state index contributed by atoms with van der Waals surface area (Å²) in [4.78, 5) is 9.65. The monoisotopic (exact) mass is 1210 g/mol. The third-order valence-corrected chi connectivity index (χ3v) is 19.2. The largest absolute Gasteiger partial charge is 0.315 e. The SMILES string of the molecule is C1=CCCC(N(C2=CCC(C3=CCCC=C3)C=C2)c2ccc(-c3ccc(N(C4=CCCC=C4)C4=CC=C(C5=CC=C(c6ccc(N(c7ccccc7)c7ccc(-c8ccc(N(c9ccccc9)c9ccc(-c%10ccccc%10)cc9)cc8)cc7)cc6)CC5)CC4)cc3)cc2)=C1. The van der Waals surface area contributed by atoms with Crippen LogP contribution in [0.1, 0.15) is 76.2 Å². The summed E-state index contributed by atoms with van der Waals surface area (Å²) in [6.07, 6.45) is 49.2. The van der Waals surface area contributed by atoms with E-state index >= 15 is 0 Å². The molecule has 0 saturated heterocycles. The molecule has 0 amide bonds. The molecule has 9 aromatic rings. The van der Waals surface area contributed by atoms with Crippen LogP contribution in [0.5, 0.6) is 0 Å². The molecular formula is C90H78N4. The van der Waals surface area contributed by atoms with Crippen molar-refractivity contribution in [3.05, 3.63) is 379 Å². The van der Waals surface area contributed by atoms with Crippen LogP contribution < -0.4 is 19.6 Å². The smallest absolute Gasteiger partial charge is 0.0462 e. The molecule has 0 heterocycles. The molecular weight excluding hydrogens is 1140 g/mol. The highest BCUT2D eigenvalue weighted by Gasteiger charge is 2.24. The van der Waals surface area contributed by atoms with Crippen molar-refractivity contribution in [2.24, 2.45) is 5.92 Å². The predicted molar refractivity (Wildman–Crippen MR) is 399 cm³/mol. The molecule has 458 valence electrons. The highest BCUT2D eigenvalue weighted by molar-refractivity contribution is 5.83. The molecule has 4 nitrogen and oxygen atoms in total. The Morgan fingerprint density at radius 2 is 0.649 bits per heavy atom. The lowest BCUT2D eigenvalue weighted by Crippen LogP contribution is -2.23. The second-order valence-corrected chi connectivity index (χ2v) is 25.1. The van der Waals surface area contributed by atoms with Gasteiger partial charge in [0, 0.05) is 74.2 Å². The molecule has 0 spiro atoms. The molecule has 0 bridgehead atoms. The van der Waals surface area contributed by atoms with Gasteiger partial charge in [-0.15, -0.1) is 0 Å². The van der Waals surface area contributed by atoms with Crippen molar-refractivity contribution in [1.82, 2.24) is 0 Å². The minimum atomic E-state index is 0.452.